The molecule has 0 radical (unpaired) electrons. The number of halogens is 5. The second-order valence-electron chi connectivity index (χ2n) is 5.00. The van der Waals surface area contributed by atoms with Crippen LogP contribution in [0.1, 0.15) is 12.0 Å². The standard InChI is InChI=1S/C13H15F5N4O3/c14-12(15,6-19)7-21-11(23)3-4-20-9-2-1-8(13(16,17)18)5-10(9)22(24)25/h1-2,5,20H,3-4,6-7,19H2,(H,21,23). The number of carbonyl (C=O) groups excluding carboxylic acids is 1. The van der Waals surface area contributed by atoms with E-state index in [4.69, 9.17) is 5.73 Å². The molecule has 0 aromatic heterocycles. The van der Waals surface area contributed by atoms with Crippen LogP contribution in [0.25, 0.3) is 0 Å². The molecule has 1 aromatic carbocycles. The van der Waals surface area contributed by atoms with Gasteiger partial charge in [0.2, 0.25) is 5.91 Å². The number of anilines is 1. The third kappa shape index (κ3) is 6.49. The fraction of sp³-hybridized carbons (Fsp3) is 0.462. The molecule has 0 unspecified atom stereocenters. The Labute approximate surface area is 138 Å². The number of nitrogens with one attached hydrogen (secondary N) is 2. The number of nitro benzene ring substituents is 1. The molecule has 0 spiro atoms. The molecule has 12 heteroatoms. The summed E-state index contributed by atoms with van der Waals surface area (Å²) in [4.78, 5) is 21.3. The maximum Gasteiger partial charge on any atom is 0.416 e. The third-order valence-electron chi connectivity index (χ3n) is 3.03. The van der Waals surface area contributed by atoms with Crippen molar-refractivity contribution in [2.24, 2.45) is 5.73 Å². The molecule has 25 heavy (non-hydrogen) atoms. The minimum atomic E-state index is -4.74. The van der Waals surface area contributed by atoms with Crippen LogP contribution in [-0.4, -0.2) is 36.4 Å². The van der Waals surface area contributed by atoms with Crippen molar-refractivity contribution in [3.63, 3.8) is 0 Å². The molecular formula is C13H15F5N4O3. The Balaban J connectivity index is 2.65. The Morgan fingerprint density at radius 1 is 1.24 bits per heavy atom. The van der Waals surface area contributed by atoms with Gasteiger partial charge in [0.25, 0.3) is 11.6 Å². The van der Waals surface area contributed by atoms with Gasteiger partial charge in [0.15, 0.2) is 0 Å². The van der Waals surface area contributed by atoms with E-state index in [1.54, 1.807) is 0 Å². The smallest absolute Gasteiger partial charge is 0.379 e. The molecule has 0 aliphatic heterocycles. The van der Waals surface area contributed by atoms with Crippen molar-refractivity contribution in [1.29, 1.82) is 0 Å². The van der Waals surface area contributed by atoms with Gasteiger partial charge in [-0.1, -0.05) is 0 Å². The van der Waals surface area contributed by atoms with Crippen LogP contribution in [0, 0.1) is 10.1 Å². The maximum absolute atomic E-state index is 12.9. The minimum Gasteiger partial charge on any atom is -0.379 e. The number of carbonyl (C=O) groups is 1. The van der Waals surface area contributed by atoms with Crippen LogP contribution in [0.15, 0.2) is 18.2 Å². The van der Waals surface area contributed by atoms with Crippen LogP contribution < -0.4 is 16.4 Å². The number of hydrogen-bond donors (Lipinski definition) is 3. The predicted molar refractivity (Wildman–Crippen MR) is 78.2 cm³/mol. The second-order valence-corrected chi connectivity index (χ2v) is 5.00. The first-order valence-corrected chi connectivity index (χ1v) is 6.90. The number of rotatable bonds is 8. The lowest BCUT2D eigenvalue weighted by Crippen LogP contribution is -2.41. The highest BCUT2D eigenvalue weighted by atomic mass is 19.4. The minimum absolute atomic E-state index is 0.202. The van der Waals surface area contributed by atoms with E-state index in [2.05, 4.69) is 5.32 Å². The van der Waals surface area contributed by atoms with Gasteiger partial charge in [-0.25, -0.2) is 8.78 Å². The van der Waals surface area contributed by atoms with E-state index < -0.39 is 47.3 Å². The van der Waals surface area contributed by atoms with Gasteiger partial charge in [-0.3, -0.25) is 14.9 Å². The quantitative estimate of drug-likeness (QED) is 0.369. The molecular weight excluding hydrogens is 355 g/mol. The molecule has 140 valence electrons. The summed E-state index contributed by atoms with van der Waals surface area (Å²) >= 11 is 0. The average Bonchev–Trinajstić information content (AvgIpc) is 2.52. The molecule has 0 saturated heterocycles. The first-order chi connectivity index (χ1) is 11.5. The van der Waals surface area contributed by atoms with Crippen molar-refractivity contribution in [2.45, 2.75) is 18.5 Å². The summed E-state index contributed by atoms with van der Waals surface area (Å²) in [5, 5.41) is 15.2. The summed E-state index contributed by atoms with van der Waals surface area (Å²) in [6, 6.07) is 1.88. The normalized spacial score (nSPS) is 11.9. The van der Waals surface area contributed by atoms with Crippen LogP contribution in [0.5, 0.6) is 0 Å². The molecule has 0 heterocycles. The summed E-state index contributed by atoms with van der Waals surface area (Å²) in [6.07, 6.45) is -5.06. The molecule has 1 amide bonds. The molecule has 0 aliphatic rings. The first-order valence-electron chi connectivity index (χ1n) is 6.90. The number of nitrogens with zero attached hydrogens (tertiary/aromatic N) is 1. The van der Waals surface area contributed by atoms with Crippen LogP contribution in [0.3, 0.4) is 0 Å². The second kappa shape index (κ2) is 8.05. The number of benzene rings is 1. The van der Waals surface area contributed by atoms with Crippen molar-refractivity contribution in [2.75, 3.05) is 25.0 Å². The van der Waals surface area contributed by atoms with E-state index in [1.807, 2.05) is 5.32 Å². The van der Waals surface area contributed by atoms with Crippen molar-refractivity contribution >= 4 is 17.3 Å². The monoisotopic (exact) mass is 370 g/mol. The van der Waals surface area contributed by atoms with Gasteiger partial charge in [0.05, 0.1) is 23.6 Å². The molecule has 1 aromatic rings. The van der Waals surface area contributed by atoms with Gasteiger partial charge in [0.1, 0.15) is 5.69 Å². The van der Waals surface area contributed by atoms with Crippen LogP contribution >= 0.6 is 0 Å². The van der Waals surface area contributed by atoms with Crippen LogP contribution in [0.4, 0.5) is 33.3 Å². The van der Waals surface area contributed by atoms with Gasteiger partial charge >= 0.3 is 6.18 Å². The van der Waals surface area contributed by atoms with Gasteiger partial charge in [-0.05, 0) is 12.1 Å². The fourth-order valence-corrected chi connectivity index (χ4v) is 1.71. The highest BCUT2D eigenvalue weighted by Crippen LogP contribution is 2.34. The Hall–Kier alpha value is -2.50. The predicted octanol–water partition coefficient (Wildman–Crippen LogP) is 2.13. The lowest BCUT2D eigenvalue weighted by molar-refractivity contribution is -0.384. The Bertz CT molecular complexity index is 637. The van der Waals surface area contributed by atoms with Gasteiger partial charge in [-0.15, -0.1) is 0 Å². The van der Waals surface area contributed by atoms with Crippen molar-refractivity contribution in [3.05, 3.63) is 33.9 Å². The third-order valence-corrected chi connectivity index (χ3v) is 3.03. The topological polar surface area (TPSA) is 110 Å². The molecule has 0 atom stereocenters. The molecule has 4 N–H and O–H groups in total. The number of amides is 1. The maximum atomic E-state index is 12.9. The largest absolute Gasteiger partial charge is 0.416 e. The van der Waals surface area contributed by atoms with Crippen molar-refractivity contribution < 1.29 is 31.7 Å². The molecule has 1 rings (SSSR count). The zero-order chi connectivity index (χ0) is 19.3. The van der Waals surface area contributed by atoms with E-state index in [-0.39, 0.29) is 18.7 Å². The van der Waals surface area contributed by atoms with E-state index in [9.17, 15) is 36.9 Å². The van der Waals surface area contributed by atoms with E-state index in [0.29, 0.717) is 12.1 Å². The summed E-state index contributed by atoms with van der Waals surface area (Å²) in [6.45, 7) is -2.10. The lowest BCUT2D eigenvalue weighted by atomic mass is 10.1. The average molecular weight is 370 g/mol. The number of nitro groups is 1. The number of hydrogen-bond acceptors (Lipinski definition) is 5. The SMILES string of the molecule is NCC(F)(F)CNC(=O)CCNc1ccc(C(F)(F)F)cc1[N+](=O)[O-]. The Kier molecular flexibility index (Phi) is 6.62. The summed E-state index contributed by atoms with van der Waals surface area (Å²) in [5.41, 5.74) is 2.57. The van der Waals surface area contributed by atoms with Crippen LogP contribution in [-0.2, 0) is 11.0 Å². The molecule has 0 aliphatic carbocycles. The number of nitrogens with two attached hydrogens (primary N) is 1. The van der Waals surface area contributed by atoms with Gasteiger partial charge in [0, 0.05) is 19.0 Å². The Morgan fingerprint density at radius 3 is 2.40 bits per heavy atom. The van der Waals surface area contributed by atoms with E-state index >= 15 is 0 Å². The summed E-state index contributed by atoms with van der Waals surface area (Å²) < 4.78 is 63.4. The molecule has 0 fully saturated rings. The summed E-state index contributed by atoms with van der Waals surface area (Å²) in [7, 11) is 0. The van der Waals surface area contributed by atoms with Gasteiger partial charge < -0.3 is 16.4 Å². The molecule has 0 saturated carbocycles. The van der Waals surface area contributed by atoms with Crippen molar-refractivity contribution in [1.82, 2.24) is 5.32 Å². The Morgan fingerprint density at radius 2 is 1.88 bits per heavy atom. The lowest BCUT2D eigenvalue weighted by Gasteiger charge is -2.14. The first kappa shape index (κ1) is 20.5. The zero-order valence-electron chi connectivity index (χ0n) is 12.7. The zero-order valence-corrected chi connectivity index (χ0v) is 12.7. The number of alkyl halides is 5. The summed E-state index contributed by atoms with van der Waals surface area (Å²) in [5.74, 6) is -4.02. The molecule has 0 bridgehead atoms. The van der Waals surface area contributed by atoms with Gasteiger partial charge in [-0.2, -0.15) is 13.2 Å². The van der Waals surface area contributed by atoms with Crippen molar-refractivity contribution in [3.8, 4) is 0 Å². The molecule has 7 nitrogen and oxygen atoms in total. The fourth-order valence-electron chi connectivity index (χ4n) is 1.71. The van der Waals surface area contributed by atoms with E-state index in [0.717, 1.165) is 6.07 Å². The highest BCUT2D eigenvalue weighted by Gasteiger charge is 2.33. The highest BCUT2D eigenvalue weighted by molar-refractivity contribution is 5.76. The van der Waals surface area contributed by atoms with E-state index in [1.165, 1.54) is 0 Å². The van der Waals surface area contributed by atoms with Crippen LogP contribution in [0.2, 0.25) is 0 Å².